The normalized spacial score (nSPS) is 16.3. The maximum atomic E-state index is 5.63. The number of hydrogen-bond acceptors (Lipinski definition) is 3. The van der Waals surface area contributed by atoms with Crippen LogP contribution in [-0.2, 0) is 4.74 Å². The fourth-order valence-corrected chi connectivity index (χ4v) is 1.96. The highest BCUT2D eigenvalue weighted by atomic mass is 16.7. The molecule has 1 saturated carbocycles. The summed E-state index contributed by atoms with van der Waals surface area (Å²) in [6.45, 7) is 6.59. The molecule has 19 heavy (non-hydrogen) atoms. The first-order valence-corrected chi connectivity index (χ1v) is 7.33. The molecule has 0 spiro atoms. The fraction of sp³-hybridized carbons (Fsp3) is 0.625. The lowest BCUT2D eigenvalue weighted by atomic mass is 10.1. The highest BCUT2D eigenvalue weighted by Crippen LogP contribution is 2.28. The predicted molar refractivity (Wildman–Crippen MR) is 77.3 cm³/mol. The van der Waals surface area contributed by atoms with E-state index in [-0.39, 0.29) is 0 Å². The molecule has 0 aliphatic heterocycles. The third kappa shape index (κ3) is 5.21. The number of benzene rings is 1. The summed E-state index contributed by atoms with van der Waals surface area (Å²) in [4.78, 5) is 0. The number of ether oxygens (including phenoxy) is 2. The van der Waals surface area contributed by atoms with E-state index in [0.29, 0.717) is 12.8 Å². The van der Waals surface area contributed by atoms with E-state index in [1.165, 1.54) is 18.4 Å². The van der Waals surface area contributed by atoms with E-state index in [1.807, 2.05) is 12.1 Å². The van der Waals surface area contributed by atoms with Crippen LogP contribution < -0.4 is 10.1 Å². The fourth-order valence-electron chi connectivity index (χ4n) is 1.96. The minimum Gasteiger partial charge on any atom is -0.468 e. The lowest BCUT2D eigenvalue weighted by Crippen LogP contribution is -2.19. The van der Waals surface area contributed by atoms with Crippen LogP contribution in [-0.4, -0.2) is 19.9 Å². The molecule has 1 unspecified atom stereocenters. The van der Waals surface area contributed by atoms with Gasteiger partial charge in [-0.25, -0.2) is 0 Å². The van der Waals surface area contributed by atoms with Gasteiger partial charge in [0.25, 0.3) is 0 Å². The Hall–Kier alpha value is -1.06. The molecule has 1 aromatic carbocycles. The highest BCUT2D eigenvalue weighted by molar-refractivity contribution is 5.30. The minimum absolute atomic E-state index is 0.357. The Morgan fingerprint density at radius 3 is 2.95 bits per heavy atom. The van der Waals surface area contributed by atoms with Gasteiger partial charge in [-0.05, 0) is 56.3 Å². The monoisotopic (exact) mass is 263 g/mol. The standard InChI is InChI=1S/C16H25NO2/c1-3-9-17-13(2)15-5-4-6-16(10-15)19-12-18-11-14-7-8-14/h4-6,10,13-14,17H,3,7-9,11-12H2,1-2H3. The summed E-state index contributed by atoms with van der Waals surface area (Å²) in [6, 6.07) is 8.60. The van der Waals surface area contributed by atoms with Crippen LogP contribution >= 0.6 is 0 Å². The van der Waals surface area contributed by atoms with Gasteiger partial charge in [0.05, 0.1) is 6.61 Å². The van der Waals surface area contributed by atoms with Gasteiger partial charge in [0.15, 0.2) is 6.79 Å². The van der Waals surface area contributed by atoms with Crippen molar-refractivity contribution in [1.29, 1.82) is 0 Å². The molecule has 0 bridgehead atoms. The van der Waals surface area contributed by atoms with Crippen LogP contribution in [0.2, 0.25) is 0 Å². The van der Waals surface area contributed by atoms with Crippen LogP contribution in [0.15, 0.2) is 24.3 Å². The van der Waals surface area contributed by atoms with Crippen LogP contribution in [0.4, 0.5) is 0 Å². The second kappa shape index (κ2) is 7.51. The van der Waals surface area contributed by atoms with E-state index in [0.717, 1.165) is 31.2 Å². The summed E-state index contributed by atoms with van der Waals surface area (Å²) in [5.41, 5.74) is 1.26. The molecule has 0 heterocycles. The van der Waals surface area contributed by atoms with Crippen molar-refractivity contribution in [3.8, 4) is 5.75 Å². The average molecular weight is 263 g/mol. The highest BCUT2D eigenvalue weighted by Gasteiger charge is 2.21. The third-order valence-electron chi connectivity index (χ3n) is 3.42. The molecule has 3 heteroatoms. The van der Waals surface area contributed by atoms with Crippen LogP contribution in [0.25, 0.3) is 0 Å². The Balaban J connectivity index is 1.76. The zero-order chi connectivity index (χ0) is 13.5. The molecule has 1 fully saturated rings. The molecule has 1 aliphatic carbocycles. The molecule has 3 nitrogen and oxygen atoms in total. The van der Waals surface area contributed by atoms with Gasteiger partial charge in [-0.15, -0.1) is 0 Å². The van der Waals surface area contributed by atoms with Gasteiger partial charge in [-0.3, -0.25) is 0 Å². The first kappa shape index (κ1) is 14.4. The maximum Gasteiger partial charge on any atom is 0.189 e. The molecule has 1 N–H and O–H groups in total. The van der Waals surface area contributed by atoms with Crippen molar-refractivity contribution >= 4 is 0 Å². The molecule has 2 rings (SSSR count). The molecule has 1 atom stereocenters. The van der Waals surface area contributed by atoms with E-state index in [2.05, 4.69) is 31.3 Å². The first-order valence-electron chi connectivity index (χ1n) is 7.33. The summed E-state index contributed by atoms with van der Waals surface area (Å²) in [5, 5.41) is 3.48. The van der Waals surface area contributed by atoms with Crippen molar-refractivity contribution in [2.45, 2.75) is 39.2 Å². The second-order valence-corrected chi connectivity index (χ2v) is 5.32. The molecule has 0 radical (unpaired) electrons. The lowest BCUT2D eigenvalue weighted by Gasteiger charge is -2.15. The average Bonchev–Trinajstić information content (AvgIpc) is 3.25. The minimum atomic E-state index is 0.357. The molecule has 1 aromatic rings. The molecular formula is C16H25NO2. The Bertz CT molecular complexity index is 377. The van der Waals surface area contributed by atoms with Gasteiger partial charge in [0.1, 0.15) is 5.75 Å². The molecule has 0 saturated heterocycles. The van der Waals surface area contributed by atoms with Crippen molar-refractivity contribution < 1.29 is 9.47 Å². The second-order valence-electron chi connectivity index (χ2n) is 5.32. The van der Waals surface area contributed by atoms with E-state index in [4.69, 9.17) is 9.47 Å². The predicted octanol–water partition coefficient (Wildman–Crippen LogP) is 3.51. The lowest BCUT2D eigenvalue weighted by molar-refractivity contribution is 0.00993. The van der Waals surface area contributed by atoms with Crippen LogP contribution in [0, 0.1) is 5.92 Å². The first-order chi connectivity index (χ1) is 9.29. The summed E-state index contributed by atoms with van der Waals surface area (Å²) in [7, 11) is 0. The SMILES string of the molecule is CCCNC(C)c1cccc(OCOCC2CC2)c1. The zero-order valence-corrected chi connectivity index (χ0v) is 12.0. The summed E-state index contributed by atoms with van der Waals surface area (Å²) in [6.07, 6.45) is 3.78. The van der Waals surface area contributed by atoms with E-state index >= 15 is 0 Å². The van der Waals surface area contributed by atoms with Crippen molar-refractivity contribution in [2.75, 3.05) is 19.9 Å². The van der Waals surface area contributed by atoms with Crippen molar-refractivity contribution in [1.82, 2.24) is 5.32 Å². The van der Waals surface area contributed by atoms with Gasteiger partial charge in [0.2, 0.25) is 0 Å². The Morgan fingerprint density at radius 1 is 1.37 bits per heavy atom. The van der Waals surface area contributed by atoms with E-state index in [1.54, 1.807) is 0 Å². The summed E-state index contributed by atoms with van der Waals surface area (Å²) in [5.74, 6) is 1.67. The van der Waals surface area contributed by atoms with Gasteiger partial charge in [-0.2, -0.15) is 0 Å². The van der Waals surface area contributed by atoms with Gasteiger partial charge >= 0.3 is 0 Å². The Kier molecular flexibility index (Phi) is 5.67. The van der Waals surface area contributed by atoms with Crippen LogP contribution in [0.5, 0.6) is 5.75 Å². The molecule has 1 aliphatic rings. The number of nitrogens with one attached hydrogen (secondary N) is 1. The quantitative estimate of drug-likeness (QED) is 0.546. The van der Waals surface area contributed by atoms with Gasteiger partial charge in [0, 0.05) is 6.04 Å². The number of rotatable bonds is 9. The molecule has 0 aromatic heterocycles. The van der Waals surface area contributed by atoms with Crippen molar-refractivity contribution in [2.24, 2.45) is 5.92 Å². The van der Waals surface area contributed by atoms with Crippen LogP contribution in [0.1, 0.15) is 44.7 Å². The van der Waals surface area contributed by atoms with Crippen molar-refractivity contribution in [3.05, 3.63) is 29.8 Å². The Morgan fingerprint density at radius 2 is 2.21 bits per heavy atom. The maximum absolute atomic E-state index is 5.63. The molecular weight excluding hydrogens is 238 g/mol. The number of hydrogen-bond donors (Lipinski definition) is 1. The third-order valence-corrected chi connectivity index (χ3v) is 3.42. The largest absolute Gasteiger partial charge is 0.468 e. The summed E-state index contributed by atoms with van der Waals surface area (Å²) < 4.78 is 11.1. The summed E-state index contributed by atoms with van der Waals surface area (Å²) >= 11 is 0. The van der Waals surface area contributed by atoms with Crippen LogP contribution in [0.3, 0.4) is 0 Å². The zero-order valence-electron chi connectivity index (χ0n) is 12.0. The van der Waals surface area contributed by atoms with E-state index < -0.39 is 0 Å². The molecule has 0 amide bonds. The Labute approximate surface area is 116 Å². The van der Waals surface area contributed by atoms with Gasteiger partial charge in [-0.1, -0.05) is 19.1 Å². The van der Waals surface area contributed by atoms with E-state index in [9.17, 15) is 0 Å². The molecule has 106 valence electrons. The smallest absolute Gasteiger partial charge is 0.189 e. The van der Waals surface area contributed by atoms with Gasteiger partial charge < -0.3 is 14.8 Å². The topological polar surface area (TPSA) is 30.5 Å². The van der Waals surface area contributed by atoms with Crippen molar-refractivity contribution in [3.63, 3.8) is 0 Å².